The molecule has 1 aromatic heterocycles. The molecule has 0 spiro atoms. The van der Waals surface area contributed by atoms with Crippen molar-refractivity contribution in [2.24, 2.45) is 35.5 Å². The molecule has 0 N–H and O–H groups in total. The molecular weight excluding hydrogens is 735 g/mol. The highest BCUT2D eigenvalue weighted by molar-refractivity contribution is 5.88. The Kier molecular flexibility index (Phi) is 9.16. The lowest BCUT2D eigenvalue weighted by atomic mass is 9.47. The SMILES string of the molecule is Cc1cc(-c2ccccc2-c2cc(C(C)(C)C)c(C34CC5CC(CC(C5)C3)C4)cc2C)nc(-c2ccccc2-c2cc(C(C)(C)C)cc(C34CC5CC(CC(C5)C3)C4)c2C)c1. The maximum Gasteiger partial charge on any atom is 0.0718 e. The van der Waals surface area contributed by atoms with E-state index in [1.165, 1.54) is 133 Å². The van der Waals surface area contributed by atoms with Crippen molar-refractivity contribution in [2.45, 2.75) is 161 Å². The van der Waals surface area contributed by atoms with E-state index in [4.69, 9.17) is 4.98 Å². The van der Waals surface area contributed by atoms with Gasteiger partial charge in [-0.15, -0.1) is 0 Å². The van der Waals surface area contributed by atoms with Gasteiger partial charge in [0.25, 0.3) is 0 Å². The van der Waals surface area contributed by atoms with Crippen molar-refractivity contribution in [3.63, 3.8) is 0 Å². The van der Waals surface area contributed by atoms with Gasteiger partial charge in [-0.25, -0.2) is 4.98 Å². The van der Waals surface area contributed by atoms with Crippen LogP contribution >= 0.6 is 0 Å². The van der Waals surface area contributed by atoms with Crippen LogP contribution in [0, 0.1) is 56.3 Å². The summed E-state index contributed by atoms with van der Waals surface area (Å²) >= 11 is 0. The number of aryl methyl sites for hydroxylation is 2. The number of hydrogen-bond acceptors (Lipinski definition) is 1. The van der Waals surface area contributed by atoms with Gasteiger partial charge >= 0.3 is 0 Å². The first kappa shape index (κ1) is 39.8. The number of aromatic nitrogens is 1. The van der Waals surface area contributed by atoms with Crippen LogP contribution in [0.25, 0.3) is 44.8 Å². The Morgan fingerprint density at radius 1 is 0.443 bits per heavy atom. The summed E-state index contributed by atoms with van der Waals surface area (Å²) in [5.74, 6) is 5.55. The van der Waals surface area contributed by atoms with Crippen LogP contribution in [0.2, 0.25) is 0 Å². The lowest BCUT2D eigenvalue weighted by molar-refractivity contribution is -0.00597. The maximum atomic E-state index is 5.67. The monoisotopic (exact) mass is 806 g/mol. The van der Waals surface area contributed by atoms with E-state index >= 15 is 0 Å². The fourth-order valence-corrected chi connectivity index (χ4v) is 15.7. The van der Waals surface area contributed by atoms with E-state index in [1.54, 1.807) is 16.7 Å². The van der Waals surface area contributed by atoms with Gasteiger partial charge in [0.2, 0.25) is 0 Å². The molecule has 8 aliphatic rings. The summed E-state index contributed by atoms with van der Waals surface area (Å²) in [6.45, 7) is 21.7. The van der Waals surface area contributed by atoms with Crippen LogP contribution in [0.15, 0.2) is 84.9 Å². The van der Waals surface area contributed by atoms with Crippen molar-refractivity contribution in [1.29, 1.82) is 0 Å². The van der Waals surface area contributed by atoms with Crippen molar-refractivity contribution < 1.29 is 0 Å². The molecule has 316 valence electrons. The average Bonchev–Trinajstić information content (AvgIpc) is 3.19. The number of hydrogen-bond donors (Lipinski definition) is 0. The molecule has 8 bridgehead atoms. The van der Waals surface area contributed by atoms with E-state index in [0.29, 0.717) is 10.8 Å². The first-order chi connectivity index (χ1) is 29.0. The Hall–Kier alpha value is -3.97. The Bertz CT molecular complexity index is 2480. The molecule has 8 aliphatic carbocycles. The summed E-state index contributed by atoms with van der Waals surface area (Å²) in [4.78, 5) is 5.67. The van der Waals surface area contributed by atoms with Crippen LogP contribution in [0.3, 0.4) is 0 Å². The second kappa shape index (κ2) is 14.0. The van der Waals surface area contributed by atoms with Gasteiger partial charge < -0.3 is 0 Å². The molecule has 61 heavy (non-hydrogen) atoms. The van der Waals surface area contributed by atoms with Crippen LogP contribution in [0.1, 0.15) is 158 Å². The zero-order chi connectivity index (χ0) is 42.2. The van der Waals surface area contributed by atoms with Gasteiger partial charge in [0.05, 0.1) is 11.4 Å². The fourth-order valence-electron chi connectivity index (χ4n) is 15.7. The van der Waals surface area contributed by atoms with Gasteiger partial charge in [-0.05, 0) is 228 Å². The predicted molar refractivity (Wildman–Crippen MR) is 257 cm³/mol. The van der Waals surface area contributed by atoms with E-state index in [0.717, 1.165) is 46.9 Å². The third-order valence-corrected chi connectivity index (χ3v) is 17.6. The van der Waals surface area contributed by atoms with Crippen LogP contribution < -0.4 is 0 Å². The van der Waals surface area contributed by atoms with Crippen molar-refractivity contribution in [3.8, 4) is 44.8 Å². The highest BCUT2D eigenvalue weighted by Gasteiger charge is 2.54. The zero-order valence-electron chi connectivity index (χ0n) is 39.0. The summed E-state index contributed by atoms with van der Waals surface area (Å²) in [7, 11) is 0. The Labute approximate surface area is 368 Å². The van der Waals surface area contributed by atoms with Gasteiger partial charge in [0, 0.05) is 11.1 Å². The minimum atomic E-state index is 0.0608. The molecule has 0 aliphatic heterocycles. The molecule has 8 saturated carbocycles. The van der Waals surface area contributed by atoms with E-state index in [1.807, 2.05) is 0 Å². The minimum Gasteiger partial charge on any atom is -0.248 e. The van der Waals surface area contributed by atoms with E-state index in [-0.39, 0.29) is 10.8 Å². The van der Waals surface area contributed by atoms with Crippen molar-refractivity contribution in [3.05, 3.63) is 124 Å². The van der Waals surface area contributed by atoms with Gasteiger partial charge in [0.1, 0.15) is 0 Å². The van der Waals surface area contributed by atoms with Crippen molar-refractivity contribution >= 4 is 0 Å². The van der Waals surface area contributed by atoms with Gasteiger partial charge in [0.15, 0.2) is 0 Å². The molecule has 0 amide bonds. The smallest absolute Gasteiger partial charge is 0.0718 e. The maximum absolute atomic E-state index is 5.67. The fraction of sp³-hybridized carbons (Fsp3) is 0.517. The molecular formula is C60H71N. The van der Waals surface area contributed by atoms with E-state index in [9.17, 15) is 0 Å². The number of benzene rings is 4. The topological polar surface area (TPSA) is 12.9 Å². The summed E-state index contributed by atoms with van der Waals surface area (Å²) in [6, 6.07) is 33.5. The zero-order valence-corrected chi connectivity index (χ0v) is 39.0. The predicted octanol–water partition coefficient (Wildman–Crippen LogP) is 16.2. The average molecular weight is 806 g/mol. The standard InChI is InChI=1S/C60H71N/c1-36-18-55(48-16-12-10-14-46(48)50-29-53(58(7,8)9)54(20-37(50)2)60-33-42-24-43(34-60)26-44(25-42)35-60)61-56(19-36)49-17-13-11-15-47(49)51-27-45(57(4,5)6)28-52(38(51)3)59-30-39-21-40(31-59)23-41(22-39)32-59/h10-20,27-29,39-44H,21-26,30-35H2,1-9H3. The van der Waals surface area contributed by atoms with Crippen LogP contribution in [-0.2, 0) is 21.7 Å². The molecule has 8 fully saturated rings. The number of pyridine rings is 1. The summed E-state index contributed by atoms with van der Waals surface area (Å²) in [6.07, 6.45) is 17.2. The molecule has 0 atom stereocenters. The van der Waals surface area contributed by atoms with E-state index < -0.39 is 0 Å². The molecule has 5 aromatic rings. The third kappa shape index (κ3) is 6.72. The normalized spacial score (nSPS) is 30.0. The summed E-state index contributed by atoms with van der Waals surface area (Å²) < 4.78 is 0. The van der Waals surface area contributed by atoms with Gasteiger partial charge in [-0.2, -0.15) is 0 Å². The molecule has 13 rings (SSSR count). The first-order valence-corrected chi connectivity index (χ1v) is 24.5. The first-order valence-electron chi connectivity index (χ1n) is 24.5. The Balaban J connectivity index is 1.02. The van der Waals surface area contributed by atoms with Gasteiger partial charge in [-0.1, -0.05) is 114 Å². The third-order valence-electron chi connectivity index (χ3n) is 17.6. The number of rotatable bonds is 6. The van der Waals surface area contributed by atoms with Crippen molar-refractivity contribution in [1.82, 2.24) is 4.98 Å². The lowest BCUT2D eigenvalue weighted by Crippen LogP contribution is -2.49. The molecule has 0 unspecified atom stereocenters. The second-order valence-electron chi connectivity index (χ2n) is 24.3. The number of nitrogens with zero attached hydrogens (tertiary/aromatic N) is 1. The van der Waals surface area contributed by atoms with Crippen LogP contribution in [0.4, 0.5) is 0 Å². The minimum absolute atomic E-state index is 0.0608. The molecule has 1 heteroatoms. The molecule has 0 saturated heterocycles. The highest BCUT2D eigenvalue weighted by Crippen LogP contribution is 2.63. The van der Waals surface area contributed by atoms with Crippen LogP contribution in [0.5, 0.6) is 0 Å². The molecule has 4 aromatic carbocycles. The largest absolute Gasteiger partial charge is 0.248 e. The van der Waals surface area contributed by atoms with Crippen molar-refractivity contribution in [2.75, 3.05) is 0 Å². The van der Waals surface area contributed by atoms with Crippen LogP contribution in [-0.4, -0.2) is 4.98 Å². The molecule has 1 nitrogen and oxygen atoms in total. The molecule has 0 radical (unpaired) electrons. The highest BCUT2D eigenvalue weighted by atomic mass is 14.7. The quantitative estimate of drug-likeness (QED) is 0.167. The Morgan fingerprint density at radius 3 is 1.31 bits per heavy atom. The second-order valence-corrected chi connectivity index (χ2v) is 24.3. The molecule has 1 heterocycles. The van der Waals surface area contributed by atoms with E-state index in [2.05, 4.69) is 147 Å². The summed E-state index contributed by atoms with van der Waals surface area (Å²) in [5, 5.41) is 0. The lowest BCUT2D eigenvalue weighted by Gasteiger charge is -2.58. The Morgan fingerprint density at radius 2 is 0.869 bits per heavy atom. The summed E-state index contributed by atoms with van der Waals surface area (Å²) in [5.41, 5.74) is 21.4. The van der Waals surface area contributed by atoms with Gasteiger partial charge in [-0.3, -0.25) is 0 Å².